The van der Waals surface area contributed by atoms with E-state index in [1.54, 1.807) is 0 Å². The van der Waals surface area contributed by atoms with Gasteiger partial charge in [-0.15, -0.1) is 0 Å². The topological polar surface area (TPSA) is 49.8 Å². The molecule has 1 aromatic carbocycles. The van der Waals surface area contributed by atoms with Crippen LogP contribution in [0.15, 0.2) is 18.2 Å². The van der Waals surface area contributed by atoms with E-state index in [9.17, 15) is 13.6 Å². The summed E-state index contributed by atoms with van der Waals surface area (Å²) in [6.45, 7) is -0.174. The Morgan fingerprint density at radius 1 is 1.44 bits per heavy atom. The molecule has 4 nitrogen and oxygen atoms in total. The van der Waals surface area contributed by atoms with Crippen LogP contribution in [0, 0.1) is 11.6 Å². The Balaban J connectivity index is 2.24. The minimum atomic E-state index is -1.03. The number of anilines is 1. The van der Waals surface area contributed by atoms with Crippen molar-refractivity contribution in [2.24, 2.45) is 0 Å². The van der Waals surface area contributed by atoms with Gasteiger partial charge >= 0.3 is 6.09 Å². The van der Waals surface area contributed by atoms with E-state index >= 15 is 0 Å². The molecule has 1 atom stereocenters. The van der Waals surface area contributed by atoms with Crippen LogP contribution in [0.3, 0.4) is 0 Å². The van der Waals surface area contributed by atoms with Crippen LogP contribution in [0.1, 0.15) is 0 Å². The van der Waals surface area contributed by atoms with Gasteiger partial charge in [0.25, 0.3) is 0 Å². The summed E-state index contributed by atoms with van der Waals surface area (Å²) in [6, 6.07) is 3.12. The van der Waals surface area contributed by atoms with Crippen molar-refractivity contribution in [2.45, 2.75) is 6.10 Å². The largest absolute Gasteiger partial charge is 0.441 e. The lowest BCUT2D eigenvalue weighted by molar-refractivity contribution is 0.0963. The molecule has 1 aromatic rings. The number of cyclic esters (lactones) is 1. The van der Waals surface area contributed by atoms with Crippen molar-refractivity contribution in [1.82, 2.24) is 0 Å². The molecule has 1 N–H and O–H groups in total. The van der Waals surface area contributed by atoms with E-state index in [-0.39, 0.29) is 18.8 Å². The molecule has 1 aliphatic heterocycles. The SMILES string of the molecule is O=C1OC(CO)CN1c1ccc(F)c(F)c1. The van der Waals surface area contributed by atoms with Crippen molar-refractivity contribution < 1.29 is 23.4 Å². The van der Waals surface area contributed by atoms with Gasteiger partial charge in [0.05, 0.1) is 18.8 Å². The number of benzene rings is 1. The van der Waals surface area contributed by atoms with Gasteiger partial charge in [-0.3, -0.25) is 4.90 Å². The van der Waals surface area contributed by atoms with Crippen LogP contribution < -0.4 is 4.90 Å². The summed E-state index contributed by atoms with van der Waals surface area (Å²) in [5, 5.41) is 8.81. The molecule has 1 fully saturated rings. The van der Waals surface area contributed by atoms with E-state index in [4.69, 9.17) is 9.84 Å². The quantitative estimate of drug-likeness (QED) is 0.831. The molecule has 0 saturated carbocycles. The van der Waals surface area contributed by atoms with Gasteiger partial charge in [0.15, 0.2) is 11.6 Å². The van der Waals surface area contributed by atoms with Crippen LogP contribution in [0.25, 0.3) is 0 Å². The number of aliphatic hydroxyl groups excluding tert-OH is 1. The number of ether oxygens (including phenoxy) is 1. The molecule has 1 heterocycles. The van der Waals surface area contributed by atoms with Crippen molar-refractivity contribution in [3.8, 4) is 0 Å². The van der Waals surface area contributed by atoms with Crippen molar-refractivity contribution >= 4 is 11.8 Å². The maximum atomic E-state index is 12.9. The van der Waals surface area contributed by atoms with Crippen LogP contribution in [0.2, 0.25) is 0 Å². The number of hydrogen-bond donors (Lipinski definition) is 1. The zero-order chi connectivity index (χ0) is 11.7. The number of aliphatic hydroxyl groups is 1. The second kappa shape index (κ2) is 4.05. The summed E-state index contributed by atoms with van der Waals surface area (Å²) in [5.41, 5.74) is 0.208. The third-order valence-corrected chi connectivity index (χ3v) is 2.29. The second-order valence-corrected chi connectivity index (χ2v) is 3.40. The maximum Gasteiger partial charge on any atom is 0.414 e. The molecule has 0 aliphatic carbocycles. The van der Waals surface area contributed by atoms with E-state index in [0.717, 1.165) is 17.0 Å². The van der Waals surface area contributed by atoms with Gasteiger partial charge in [-0.2, -0.15) is 0 Å². The normalized spacial score (nSPS) is 20.1. The molecule has 0 radical (unpaired) electrons. The Hall–Kier alpha value is -1.69. The highest BCUT2D eigenvalue weighted by Gasteiger charge is 2.32. The first-order valence-electron chi connectivity index (χ1n) is 4.66. The van der Waals surface area contributed by atoms with Crippen molar-refractivity contribution in [3.63, 3.8) is 0 Å². The summed E-state index contributed by atoms with van der Waals surface area (Å²) >= 11 is 0. The van der Waals surface area contributed by atoms with Crippen molar-refractivity contribution in [3.05, 3.63) is 29.8 Å². The fourth-order valence-electron chi connectivity index (χ4n) is 1.48. The monoisotopic (exact) mass is 229 g/mol. The summed E-state index contributed by atoms with van der Waals surface area (Å²) in [7, 11) is 0. The molecule has 6 heteroatoms. The first-order valence-corrected chi connectivity index (χ1v) is 4.66. The van der Waals surface area contributed by atoms with Gasteiger partial charge < -0.3 is 9.84 Å². The van der Waals surface area contributed by atoms with E-state index in [1.807, 2.05) is 0 Å². The van der Waals surface area contributed by atoms with Crippen LogP contribution >= 0.6 is 0 Å². The fraction of sp³-hybridized carbons (Fsp3) is 0.300. The van der Waals surface area contributed by atoms with Gasteiger partial charge in [-0.05, 0) is 12.1 Å². The van der Waals surface area contributed by atoms with Crippen molar-refractivity contribution in [2.75, 3.05) is 18.1 Å². The number of rotatable bonds is 2. The highest BCUT2D eigenvalue weighted by molar-refractivity contribution is 5.89. The Morgan fingerprint density at radius 2 is 2.19 bits per heavy atom. The molecule has 1 saturated heterocycles. The van der Waals surface area contributed by atoms with Gasteiger partial charge in [0.2, 0.25) is 0 Å². The predicted octanol–water partition coefficient (Wildman–Crippen LogP) is 1.28. The van der Waals surface area contributed by atoms with Crippen molar-refractivity contribution in [1.29, 1.82) is 0 Å². The number of halogens is 2. The van der Waals surface area contributed by atoms with E-state index in [2.05, 4.69) is 0 Å². The number of amides is 1. The molecule has 2 rings (SSSR count). The molecule has 1 amide bonds. The molecule has 0 aromatic heterocycles. The smallest absolute Gasteiger partial charge is 0.414 e. The molecule has 0 bridgehead atoms. The van der Waals surface area contributed by atoms with Gasteiger partial charge in [0, 0.05) is 6.07 Å². The zero-order valence-electron chi connectivity index (χ0n) is 8.19. The van der Waals surface area contributed by atoms with Gasteiger partial charge in [-0.1, -0.05) is 0 Å². The van der Waals surface area contributed by atoms with Gasteiger partial charge in [0.1, 0.15) is 6.10 Å². The summed E-state index contributed by atoms with van der Waals surface area (Å²) < 4.78 is 30.4. The standard InChI is InChI=1S/C10H9F2NO3/c11-8-2-1-6(3-9(8)12)13-4-7(5-14)16-10(13)15/h1-3,7,14H,4-5H2. The average Bonchev–Trinajstić information content (AvgIpc) is 2.64. The van der Waals surface area contributed by atoms with E-state index in [0.29, 0.717) is 0 Å². The highest BCUT2D eigenvalue weighted by Crippen LogP contribution is 2.23. The third-order valence-electron chi connectivity index (χ3n) is 2.29. The Bertz CT molecular complexity index is 425. The maximum absolute atomic E-state index is 12.9. The summed E-state index contributed by atoms with van der Waals surface area (Å²) in [4.78, 5) is 12.5. The second-order valence-electron chi connectivity index (χ2n) is 3.40. The van der Waals surface area contributed by atoms with Crippen LogP contribution in [-0.4, -0.2) is 30.5 Å². The number of carbonyl (C=O) groups is 1. The molecule has 1 aliphatic rings. The molecular formula is C10H9F2NO3. The minimum Gasteiger partial charge on any atom is -0.441 e. The molecule has 0 spiro atoms. The fourth-order valence-corrected chi connectivity index (χ4v) is 1.48. The lowest BCUT2D eigenvalue weighted by Gasteiger charge is -2.12. The van der Waals surface area contributed by atoms with E-state index in [1.165, 1.54) is 6.07 Å². The van der Waals surface area contributed by atoms with Crippen LogP contribution in [-0.2, 0) is 4.74 Å². The summed E-state index contributed by atoms with van der Waals surface area (Å²) in [5.74, 6) is -2.01. The van der Waals surface area contributed by atoms with E-state index < -0.39 is 23.8 Å². The highest BCUT2D eigenvalue weighted by atomic mass is 19.2. The molecular weight excluding hydrogens is 220 g/mol. The predicted molar refractivity (Wildman–Crippen MR) is 51.1 cm³/mol. The van der Waals surface area contributed by atoms with Gasteiger partial charge in [-0.25, -0.2) is 13.6 Å². The number of carbonyl (C=O) groups excluding carboxylic acids is 1. The lowest BCUT2D eigenvalue weighted by Crippen LogP contribution is -2.25. The average molecular weight is 229 g/mol. The molecule has 86 valence electrons. The van der Waals surface area contributed by atoms with Crippen LogP contribution in [0.5, 0.6) is 0 Å². The Kier molecular flexibility index (Phi) is 2.74. The minimum absolute atomic E-state index is 0.125. The van der Waals surface area contributed by atoms with Crippen LogP contribution in [0.4, 0.5) is 19.3 Å². The number of hydrogen-bond acceptors (Lipinski definition) is 3. The summed E-state index contributed by atoms with van der Waals surface area (Å²) in [6.07, 6.45) is -1.30. The molecule has 1 unspecified atom stereocenters. The zero-order valence-corrected chi connectivity index (χ0v) is 8.19. The Labute approximate surface area is 90.0 Å². The Morgan fingerprint density at radius 3 is 2.75 bits per heavy atom. The molecule has 16 heavy (non-hydrogen) atoms. The first-order chi connectivity index (χ1) is 7.61. The lowest BCUT2D eigenvalue weighted by atomic mass is 10.2. The number of nitrogens with zero attached hydrogens (tertiary/aromatic N) is 1. The third kappa shape index (κ3) is 1.83. The first kappa shape index (κ1) is 10.8.